The van der Waals surface area contributed by atoms with E-state index in [0.29, 0.717) is 5.95 Å². The van der Waals surface area contributed by atoms with Gasteiger partial charge in [0, 0.05) is 31.3 Å². The lowest BCUT2D eigenvalue weighted by Gasteiger charge is -2.11. The Balaban J connectivity index is 2.04. The van der Waals surface area contributed by atoms with Crippen LogP contribution in [-0.2, 0) is 6.54 Å². The van der Waals surface area contributed by atoms with Crippen LogP contribution in [0.25, 0.3) is 0 Å². The Labute approximate surface area is 115 Å². The van der Waals surface area contributed by atoms with E-state index in [4.69, 9.17) is 0 Å². The van der Waals surface area contributed by atoms with Crippen molar-refractivity contribution >= 4 is 27.7 Å². The van der Waals surface area contributed by atoms with Crippen molar-refractivity contribution in [3.63, 3.8) is 0 Å². The molecular weight excluding hydrogens is 292 g/mol. The van der Waals surface area contributed by atoms with Crippen LogP contribution >= 0.6 is 15.9 Å². The molecule has 4 nitrogen and oxygen atoms in total. The molecule has 1 N–H and O–H groups in total. The van der Waals surface area contributed by atoms with Crippen molar-refractivity contribution in [3.8, 4) is 0 Å². The van der Waals surface area contributed by atoms with Crippen molar-refractivity contribution in [2.75, 3.05) is 24.3 Å². The van der Waals surface area contributed by atoms with Gasteiger partial charge in [-0.2, -0.15) is 4.98 Å². The van der Waals surface area contributed by atoms with Crippen molar-refractivity contribution in [3.05, 3.63) is 46.6 Å². The van der Waals surface area contributed by atoms with Gasteiger partial charge in [0.2, 0.25) is 5.95 Å². The predicted molar refractivity (Wildman–Crippen MR) is 77.8 cm³/mol. The zero-order chi connectivity index (χ0) is 13.0. The zero-order valence-electron chi connectivity index (χ0n) is 10.4. The van der Waals surface area contributed by atoms with Gasteiger partial charge in [-0.05, 0) is 23.8 Å². The number of benzene rings is 1. The molecule has 18 heavy (non-hydrogen) atoms. The molecule has 0 radical (unpaired) electrons. The molecule has 2 aromatic rings. The van der Waals surface area contributed by atoms with Crippen LogP contribution in [0.4, 0.5) is 11.8 Å². The quantitative estimate of drug-likeness (QED) is 0.943. The summed E-state index contributed by atoms with van der Waals surface area (Å²) in [7, 11) is 3.85. The summed E-state index contributed by atoms with van der Waals surface area (Å²) < 4.78 is 1.08. The molecule has 2 rings (SSSR count). The normalized spacial score (nSPS) is 10.2. The van der Waals surface area contributed by atoms with E-state index in [1.54, 1.807) is 6.20 Å². The van der Waals surface area contributed by atoms with Crippen LogP contribution < -0.4 is 10.2 Å². The van der Waals surface area contributed by atoms with Gasteiger partial charge in [-0.1, -0.05) is 28.1 Å². The maximum Gasteiger partial charge on any atom is 0.226 e. The summed E-state index contributed by atoms with van der Waals surface area (Å²) in [5.41, 5.74) is 1.20. The third-order valence-electron chi connectivity index (χ3n) is 2.41. The molecule has 0 saturated carbocycles. The van der Waals surface area contributed by atoms with Crippen molar-refractivity contribution in [2.45, 2.75) is 6.54 Å². The summed E-state index contributed by atoms with van der Waals surface area (Å²) in [6.07, 6.45) is 1.76. The average Bonchev–Trinajstić information content (AvgIpc) is 2.37. The minimum absolute atomic E-state index is 0.703. The van der Waals surface area contributed by atoms with Gasteiger partial charge >= 0.3 is 0 Å². The number of nitrogens with zero attached hydrogens (tertiary/aromatic N) is 3. The number of hydrogen-bond acceptors (Lipinski definition) is 4. The van der Waals surface area contributed by atoms with Crippen molar-refractivity contribution in [1.82, 2.24) is 9.97 Å². The lowest BCUT2D eigenvalue weighted by Crippen LogP contribution is -2.13. The fraction of sp³-hybridized carbons (Fsp3) is 0.231. The first kappa shape index (κ1) is 12.8. The maximum absolute atomic E-state index is 4.40. The fourth-order valence-corrected chi connectivity index (χ4v) is 1.95. The van der Waals surface area contributed by atoms with Gasteiger partial charge in [0.05, 0.1) is 0 Å². The Bertz CT molecular complexity index is 528. The topological polar surface area (TPSA) is 41.1 Å². The van der Waals surface area contributed by atoms with E-state index in [9.17, 15) is 0 Å². The first-order valence-electron chi connectivity index (χ1n) is 5.64. The lowest BCUT2D eigenvalue weighted by atomic mass is 10.2. The van der Waals surface area contributed by atoms with Gasteiger partial charge in [-0.25, -0.2) is 4.98 Å². The van der Waals surface area contributed by atoms with E-state index in [1.165, 1.54) is 5.56 Å². The minimum Gasteiger partial charge on any atom is -0.366 e. The van der Waals surface area contributed by atoms with Crippen LogP contribution in [-0.4, -0.2) is 24.1 Å². The van der Waals surface area contributed by atoms with Crippen LogP contribution in [0, 0.1) is 0 Å². The van der Waals surface area contributed by atoms with Crippen LogP contribution in [0.3, 0.4) is 0 Å². The number of halogens is 1. The molecule has 1 heterocycles. The summed E-state index contributed by atoms with van der Waals surface area (Å²) >= 11 is 3.46. The number of aromatic nitrogens is 2. The first-order valence-corrected chi connectivity index (χ1v) is 6.43. The summed E-state index contributed by atoms with van der Waals surface area (Å²) in [6.45, 7) is 0.739. The molecule has 1 aromatic carbocycles. The molecule has 0 amide bonds. The number of hydrogen-bond donors (Lipinski definition) is 1. The van der Waals surface area contributed by atoms with Gasteiger partial charge in [-0.3, -0.25) is 0 Å². The summed E-state index contributed by atoms with van der Waals surface area (Å²) in [4.78, 5) is 10.5. The Morgan fingerprint density at radius 3 is 2.83 bits per heavy atom. The molecule has 1 aromatic heterocycles. The minimum atomic E-state index is 0.703. The highest BCUT2D eigenvalue weighted by atomic mass is 79.9. The van der Waals surface area contributed by atoms with Crippen molar-refractivity contribution < 1.29 is 0 Å². The predicted octanol–water partition coefficient (Wildman–Crippen LogP) is 2.92. The van der Waals surface area contributed by atoms with E-state index in [-0.39, 0.29) is 0 Å². The Hall–Kier alpha value is -1.62. The van der Waals surface area contributed by atoms with E-state index < -0.39 is 0 Å². The average molecular weight is 307 g/mol. The summed E-state index contributed by atoms with van der Waals surface area (Å²) in [5.74, 6) is 1.53. The molecule has 0 spiro atoms. The SMILES string of the molecule is CN(C)c1nccc(NCc2cccc(Br)c2)n1. The monoisotopic (exact) mass is 306 g/mol. The van der Waals surface area contributed by atoms with Crippen molar-refractivity contribution in [2.24, 2.45) is 0 Å². The number of nitrogens with one attached hydrogen (secondary N) is 1. The first-order chi connectivity index (χ1) is 8.65. The number of anilines is 2. The molecule has 0 aliphatic carbocycles. The van der Waals surface area contributed by atoms with Crippen LogP contribution in [0.2, 0.25) is 0 Å². The van der Waals surface area contributed by atoms with Gasteiger partial charge in [0.25, 0.3) is 0 Å². The maximum atomic E-state index is 4.40. The van der Waals surface area contributed by atoms with E-state index in [2.05, 4.69) is 43.3 Å². The second kappa shape index (κ2) is 5.82. The third kappa shape index (κ3) is 3.43. The lowest BCUT2D eigenvalue weighted by molar-refractivity contribution is 0.987. The molecular formula is C13H15BrN4. The standard InChI is InChI=1S/C13H15BrN4/c1-18(2)13-15-7-6-12(17-13)16-9-10-4-3-5-11(14)8-10/h3-8H,9H2,1-2H3,(H,15,16,17). The molecule has 0 aliphatic rings. The molecule has 0 fully saturated rings. The van der Waals surface area contributed by atoms with Crippen LogP contribution in [0.15, 0.2) is 41.0 Å². The fourth-order valence-electron chi connectivity index (χ4n) is 1.50. The van der Waals surface area contributed by atoms with Gasteiger partial charge < -0.3 is 10.2 Å². The van der Waals surface area contributed by atoms with Gasteiger partial charge in [-0.15, -0.1) is 0 Å². The smallest absolute Gasteiger partial charge is 0.226 e. The van der Waals surface area contributed by atoms with E-state index in [0.717, 1.165) is 16.8 Å². The molecule has 0 aliphatic heterocycles. The largest absolute Gasteiger partial charge is 0.366 e. The van der Waals surface area contributed by atoms with Crippen LogP contribution in [0.1, 0.15) is 5.56 Å². The molecule has 0 bridgehead atoms. The highest BCUT2D eigenvalue weighted by molar-refractivity contribution is 9.10. The molecule has 0 atom stereocenters. The van der Waals surface area contributed by atoms with Gasteiger partial charge in [0.1, 0.15) is 5.82 Å². The second-order valence-electron chi connectivity index (χ2n) is 4.12. The summed E-state index contributed by atoms with van der Waals surface area (Å²) in [6, 6.07) is 10.1. The molecule has 94 valence electrons. The van der Waals surface area contributed by atoms with E-state index in [1.807, 2.05) is 37.2 Å². The van der Waals surface area contributed by atoms with E-state index >= 15 is 0 Å². The van der Waals surface area contributed by atoms with Crippen LogP contribution in [0.5, 0.6) is 0 Å². The number of rotatable bonds is 4. The van der Waals surface area contributed by atoms with Gasteiger partial charge in [0.15, 0.2) is 0 Å². The Morgan fingerprint density at radius 2 is 2.11 bits per heavy atom. The highest BCUT2D eigenvalue weighted by Crippen LogP contribution is 2.13. The molecule has 5 heteroatoms. The Kier molecular flexibility index (Phi) is 4.15. The Morgan fingerprint density at radius 1 is 1.28 bits per heavy atom. The zero-order valence-corrected chi connectivity index (χ0v) is 12.0. The third-order valence-corrected chi connectivity index (χ3v) is 2.90. The molecule has 0 unspecified atom stereocenters. The highest BCUT2D eigenvalue weighted by Gasteiger charge is 2.01. The second-order valence-corrected chi connectivity index (χ2v) is 5.04. The molecule has 0 saturated heterocycles. The van der Waals surface area contributed by atoms with Crippen molar-refractivity contribution in [1.29, 1.82) is 0 Å². The summed E-state index contributed by atoms with van der Waals surface area (Å²) in [5, 5.41) is 3.28.